The highest BCUT2D eigenvalue weighted by Gasteiger charge is 2.20. The van der Waals surface area contributed by atoms with Crippen LogP contribution in [0.1, 0.15) is 23.2 Å². The number of nitrogens with two attached hydrogens (primary N) is 2. The molecule has 0 saturated carbocycles. The largest absolute Gasteiger partial charge is 0.461 e. The summed E-state index contributed by atoms with van der Waals surface area (Å²) >= 11 is 0. The van der Waals surface area contributed by atoms with Crippen LogP contribution in [-0.2, 0) is 4.74 Å². The van der Waals surface area contributed by atoms with Gasteiger partial charge in [-0.3, -0.25) is 16.5 Å². The number of ether oxygens (including phenoxy) is 1. The first-order chi connectivity index (χ1) is 8.65. The molecule has 0 spiro atoms. The number of hydrogen-bond donors (Lipinski definition) is 3. The van der Waals surface area contributed by atoms with E-state index in [1.807, 2.05) is 0 Å². The third-order valence-corrected chi connectivity index (χ3v) is 2.05. The second-order valence-corrected chi connectivity index (χ2v) is 3.08. The molecule has 19 heavy (non-hydrogen) atoms. The molecule has 0 aromatic carbocycles. The molecule has 2 rings (SSSR count). The maximum Gasteiger partial charge on any atom is 0.359 e. The summed E-state index contributed by atoms with van der Waals surface area (Å²) in [5.41, 5.74) is -0.439. The first kappa shape index (κ1) is 16.7. The number of carbonyl (C=O) groups excluding carboxylic acids is 1. The molecule has 10 nitrogen and oxygen atoms in total. The van der Waals surface area contributed by atoms with E-state index in [0.29, 0.717) is 11.1 Å². The Kier molecular flexibility index (Phi) is 6.33. The lowest BCUT2D eigenvalue weighted by Crippen LogP contribution is -2.15. The minimum absolute atomic E-state index is 0. The van der Waals surface area contributed by atoms with Crippen molar-refractivity contribution in [3.8, 4) is 0 Å². The smallest absolute Gasteiger partial charge is 0.359 e. The lowest BCUT2D eigenvalue weighted by atomic mass is 10.2. The van der Waals surface area contributed by atoms with E-state index in [1.54, 1.807) is 13.8 Å². The lowest BCUT2D eigenvalue weighted by Gasteiger charge is -2.00. The Morgan fingerprint density at radius 3 is 2.68 bits per heavy atom. The van der Waals surface area contributed by atoms with Crippen molar-refractivity contribution in [2.75, 3.05) is 6.61 Å². The highest BCUT2D eigenvalue weighted by molar-refractivity contribution is 6.01. The SMILES string of the molecule is CCOC(=O)c1n[nH]c(=O)c2noc(C)c12.NN.O. The first-order valence-electron chi connectivity index (χ1n) is 5.00. The molecule has 10 heteroatoms. The Morgan fingerprint density at radius 2 is 2.11 bits per heavy atom. The van der Waals surface area contributed by atoms with E-state index < -0.39 is 11.5 Å². The molecule has 0 aliphatic heterocycles. The molecule has 0 fully saturated rings. The number of aromatic nitrogens is 3. The number of hydrogen-bond acceptors (Lipinski definition) is 8. The van der Waals surface area contributed by atoms with Crippen molar-refractivity contribution >= 4 is 16.9 Å². The number of H-pyrrole nitrogens is 1. The minimum atomic E-state index is -0.616. The van der Waals surface area contributed by atoms with E-state index in [4.69, 9.17) is 9.26 Å². The fraction of sp³-hybridized carbons (Fsp3) is 0.333. The van der Waals surface area contributed by atoms with Crippen molar-refractivity contribution in [3.63, 3.8) is 0 Å². The number of nitrogens with zero attached hydrogens (tertiary/aromatic N) is 2. The molecule has 0 atom stereocenters. The Balaban J connectivity index is 0.00000103. The predicted molar refractivity (Wildman–Crippen MR) is 65.1 cm³/mol. The van der Waals surface area contributed by atoms with Crippen LogP contribution in [0.3, 0.4) is 0 Å². The highest BCUT2D eigenvalue weighted by Crippen LogP contribution is 2.17. The van der Waals surface area contributed by atoms with E-state index in [9.17, 15) is 9.59 Å². The van der Waals surface area contributed by atoms with Crippen LogP contribution in [0.4, 0.5) is 0 Å². The molecule has 2 aromatic rings. The van der Waals surface area contributed by atoms with Crippen molar-refractivity contribution in [1.29, 1.82) is 0 Å². The first-order valence-corrected chi connectivity index (χ1v) is 5.00. The molecule has 0 amide bonds. The van der Waals surface area contributed by atoms with Gasteiger partial charge in [-0.25, -0.2) is 9.89 Å². The Bertz CT molecular complexity index is 605. The summed E-state index contributed by atoms with van der Waals surface area (Å²) in [7, 11) is 0. The second kappa shape index (κ2) is 7.20. The van der Waals surface area contributed by atoms with Crippen LogP contribution in [-0.4, -0.2) is 33.4 Å². The van der Waals surface area contributed by atoms with Crippen molar-refractivity contribution in [1.82, 2.24) is 15.4 Å². The van der Waals surface area contributed by atoms with Gasteiger partial charge in [0.15, 0.2) is 11.2 Å². The number of hydrazine groups is 1. The molecule has 0 radical (unpaired) electrons. The van der Waals surface area contributed by atoms with Gasteiger partial charge >= 0.3 is 5.97 Å². The number of rotatable bonds is 2. The van der Waals surface area contributed by atoms with Gasteiger partial charge in [-0.1, -0.05) is 5.16 Å². The van der Waals surface area contributed by atoms with E-state index in [0.717, 1.165) is 0 Å². The van der Waals surface area contributed by atoms with Gasteiger partial charge in [0, 0.05) is 0 Å². The van der Waals surface area contributed by atoms with Crippen LogP contribution >= 0.6 is 0 Å². The van der Waals surface area contributed by atoms with Gasteiger partial charge < -0.3 is 14.7 Å². The van der Waals surface area contributed by atoms with Crippen molar-refractivity contribution in [2.24, 2.45) is 11.7 Å². The monoisotopic (exact) mass is 273 g/mol. The van der Waals surface area contributed by atoms with Crippen LogP contribution in [0.2, 0.25) is 0 Å². The van der Waals surface area contributed by atoms with Crippen LogP contribution in [0.25, 0.3) is 10.9 Å². The standard InChI is InChI=1S/C9H9N3O4.H4N2.H2O/c1-3-15-9(14)7-5-4(2)16-12-6(5)8(13)11-10-7;1-2;/h3H2,1-2H3,(H,11,13);1-2H2;1H2. The summed E-state index contributed by atoms with van der Waals surface area (Å²) in [6, 6.07) is 0. The fourth-order valence-corrected chi connectivity index (χ4v) is 1.37. The third kappa shape index (κ3) is 3.13. The molecule has 0 bridgehead atoms. The summed E-state index contributed by atoms with van der Waals surface area (Å²) in [6.07, 6.45) is 0. The maximum absolute atomic E-state index is 11.5. The molecule has 0 aliphatic carbocycles. The normalized spacial score (nSPS) is 9.26. The summed E-state index contributed by atoms with van der Waals surface area (Å²) in [5, 5.41) is 9.66. The van der Waals surface area contributed by atoms with Crippen molar-refractivity contribution in [2.45, 2.75) is 13.8 Å². The Hall–Kier alpha value is -2.30. The second-order valence-electron chi connectivity index (χ2n) is 3.08. The van der Waals surface area contributed by atoms with Gasteiger partial charge in [0.05, 0.1) is 12.0 Å². The quantitative estimate of drug-likeness (QED) is 0.331. The van der Waals surface area contributed by atoms with E-state index >= 15 is 0 Å². The molecular weight excluding hydrogens is 258 g/mol. The van der Waals surface area contributed by atoms with Crippen LogP contribution in [0.5, 0.6) is 0 Å². The Morgan fingerprint density at radius 1 is 1.47 bits per heavy atom. The molecule has 0 saturated heterocycles. The van der Waals surface area contributed by atoms with Crippen molar-refractivity contribution < 1.29 is 19.5 Å². The number of nitrogens with one attached hydrogen (secondary N) is 1. The van der Waals surface area contributed by atoms with Crippen molar-refractivity contribution in [3.05, 3.63) is 21.8 Å². The van der Waals surface area contributed by atoms with Gasteiger partial charge in [-0.15, -0.1) is 0 Å². The summed E-state index contributed by atoms with van der Waals surface area (Å²) in [4.78, 5) is 22.9. The minimum Gasteiger partial charge on any atom is -0.461 e. The maximum atomic E-state index is 11.5. The topological polar surface area (TPSA) is 182 Å². The van der Waals surface area contributed by atoms with Gasteiger partial charge in [0.2, 0.25) is 0 Å². The number of carbonyl (C=O) groups is 1. The number of fused-ring (bicyclic) bond motifs is 1. The number of esters is 1. The summed E-state index contributed by atoms with van der Waals surface area (Å²) in [6.45, 7) is 3.51. The average molecular weight is 273 g/mol. The van der Waals surface area contributed by atoms with E-state index in [-0.39, 0.29) is 23.3 Å². The Labute approximate surface area is 107 Å². The van der Waals surface area contributed by atoms with E-state index in [1.165, 1.54) is 0 Å². The van der Waals surface area contributed by atoms with Gasteiger partial charge in [0.1, 0.15) is 5.76 Å². The number of aryl methyl sites for hydroxylation is 1. The zero-order valence-corrected chi connectivity index (χ0v) is 10.4. The molecule has 0 unspecified atom stereocenters. The third-order valence-electron chi connectivity index (χ3n) is 2.05. The highest BCUT2D eigenvalue weighted by atomic mass is 16.5. The fourth-order valence-electron chi connectivity index (χ4n) is 1.37. The number of aromatic amines is 1. The summed E-state index contributed by atoms with van der Waals surface area (Å²) in [5.74, 6) is 7.74. The molecule has 2 heterocycles. The molecule has 2 aromatic heterocycles. The van der Waals surface area contributed by atoms with E-state index in [2.05, 4.69) is 27.0 Å². The predicted octanol–water partition coefficient (Wildman–Crippen LogP) is -1.61. The summed E-state index contributed by atoms with van der Waals surface area (Å²) < 4.78 is 9.65. The van der Waals surface area contributed by atoms with Gasteiger partial charge in [0.25, 0.3) is 5.56 Å². The van der Waals surface area contributed by atoms with Crippen LogP contribution < -0.4 is 17.2 Å². The van der Waals surface area contributed by atoms with Gasteiger partial charge in [-0.05, 0) is 13.8 Å². The van der Waals surface area contributed by atoms with Gasteiger partial charge in [-0.2, -0.15) is 5.10 Å². The van der Waals surface area contributed by atoms with Crippen LogP contribution in [0, 0.1) is 6.92 Å². The lowest BCUT2D eigenvalue weighted by molar-refractivity contribution is 0.0520. The molecule has 106 valence electrons. The van der Waals surface area contributed by atoms with Crippen LogP contribution in [0.15, 0.2) is 9.32 Å². The molecule has 7 N–H and O–H groups in total. The molecule has 0 aliphatic rings. The molecular formula is C9H15N5O5. The zero-order chi connectivity index (χ0) is 13.7. The zero-order valence-electron chi connectivity index (χ0n) is 10.4. The average Bonchev–Trinajstić information content (AvgIpc) is 2.76.